The number of hydrogen-bond donors (Lipinski definition) is 1. The lowest BCUT2D eigenvalue weighted by molar-refractivity contribution is 0.0929. The minimum atomic E-state index is -0.544. The average Bonchev–Trinajstić information content (AvgIpc) is 2.87. The quantitative estimate of drug-likeness (QED) is 0.922. The van der Waals surface area contributed by atoms with E-state index >= 15 is 0 Å². The van der Waals surface area contributed by atoms with Crippen LogP contribution < -0.4 is 10.1 Å². The maximum atomic E-state index is 13.7. The van der Waals surface area contributed by atoms with Gasteiger partial charge in [0, 0.05) is 10.9 Å². The third-order valence-corrected chi connectivity index (χ3v) is 3.87. The second-order valence-corrected chi connectivity index (χ2v) is 5.80. The summed E-state index contributed by atoms with van der Waals surface area (Å²) in [4.78, 5) is 12.0. The molecule has 0 fully saturated rings. The lowest BCUT2D eigenvalue weighted by Gasteiger charge is -2.12. The van der Waals surface area contributed by atoms with Gasteiger partial charge in [-0.25, -0.2) is 4.39 Å². The van der Waals surface area contributed by atoms with E-state index in [1.165, 1.54) is 12.1 Å². The van der Waals surface area contributed by atoms with Crippen molar-refractivity contribution < 1.29 is 13.9 Å². The Kier molecular flexibility index (Phi) is 3.92. The number of carbonyl (C=O) groups is 1. The van der Waals surface area contributed by atoms with Crippen molar-refractivity contribution in [3.05, 3.63) is 63.9 Å². The van der Waals surface area contributed by atoms with Crippen molar-refractivity contribution >= 4 is 21.8 Å². The lowest BCUT2D eigenvalue weighted by atomic mass is 10.1. The number of halogens is 2. The Hall–Kier alpha value is -1.88. The first-order valence-electron chi connectivity index (χ1n) is 6.61. The Balaban J connectivity index is 1.60. The molecule has 1 aliphatic rings. The zero-order chi connectivity index (χ0) is 14.8. The van der Waals surface area contributed by atoms with Gasteiger partial charge in [0.2, 0.25) is 0 Å². The molecule has 0 saturated heterocycles. The number of amides is 1. The van der Waals surface area contributed by atoms with Gasteiger partial charge in [0.05, 0.1) is 12.1 Å². The highest BCUT2D eigenvalue weighted by Gasteiger charge is 2.23. The van der Waals surface area contributed by atoms with Gasteiger partial charge in [0.15, 0.2) is 0 Å². The van der Waals surface area contributed by atoms with Crippen LogP contribution in [-0.2, 0) is 6.42 Å². The maximum absolute atomic E-state index is 13.7. The van der Waals surface area contributed by atoms with Crippen LogP contribution >= 0.6 is 15.9 Å². The number of para-hydroxylation sites is 1. The van der Waals surface area contributed by atoms with Crippen molar-refractivity contribution in [2.24, 2.45) is 0 Å². The molecule has 0 aromatic heterocycles. The SMILES string of the molecule is O=C(NCC1Cc2ccccc2O1)c1ccc(Br)cc1F. The standard InChI is InChI=1S/C16H13BrFNO2/c17-11-5-6-13(14(18)8-11)16(20)19-9-12-7-10-3-1-2-4-15(10)21-12/h1-6,8,12H,7,9H2,(H,19,20). The number of hydrogen-bond acceptors (Lipinski definition) is 2. The molecule has 3 rings (SSSR count). The van der Waals surface area contributed by atoms with E-state index < -0.39 is 11.7 Å². The number of benzene rings is 2. The fourth-order valence-electron chi connectivity index (χ4n) is 2.34. The molecule has 1 amide bonds. The van der Waals surface area contributed by atoms with Gasteiger partial charge in [0.25, 0.3) is 5.91 Å². The van der Waals surface area contributed by atoms with Crippen LogP contribution in [0.4, 0.5) is 4.39 Å². The number of fused-ring (bicyclic) bond motifs is 1. The molecule has 1 unspecified atom stereocenters. The molecule has 1 heterocycles. The van der Waals surface area contributed by atoms with Crippen LogP contribution in [0.15, 0.2) is 46.9 Å². The van der Waals surface area contributed by atoms with Crippen molar-refractivity contribution in [1.82, 2.24) is 5.32 Å². The average molecular weight is 350 g/mol. The van der Waals surface area contributed by atoms with Gasteiger partial charge in [-0.15, -0.1) is 0 Å². The molecular formula is C16H13BrFNO2. The van der Waals surface area contributed by atoms with Gasteiger partial charge in [-0.2, -0.15) is 0 Å². The molecule has 2 aromatic rings. The summed E-state index contributed by atoms with van der Waals surface area (Å²) < 4.78 is 20.0. The Bertz CT molecular complexity index is 665. The molecule has 1 aliphatic heterocycles. The first kappa shape index (κ1) is 14.1. The molecule has 0 bridgehead atoms. The Morgan fingerprint density at radius 2 is 2.14 bits per heavy atom. The lowest BCUT2D eigenvalue weighted by Crippen LogP contribution is -2.34. The minimum absolute atomic E-state index is 0.0358. The third-order valence-electron chi connectivity index (χ3n) is 3.38. The number of ether oxygens (including phenoxy) is 1. The molecule has 1 atom stereocenters. The minimum Gasteiger partial charge on any atom is -0.488 e. The van der Waals surface area contributed by atoms with Crippen molar-refractivity contribution in [1.29, 1.82) is 0 Å². The van der Waals surface area contributed by atoms with E-state index in [1.807, 2.05) is 24.3 Å². The topological polar surface area (TPSA) is 38.3 Å². The molecular weight excluding hydrogens is 337 g/mol. The van der Waals surface area contributed by atoms with Crippen molar-refractivity contribution in [3.8, 4) is 5.75 Å². The zero-order valence-electron chi connectivity index (χ0n) is 11.1. The Morgan fingerprint density at radius 3 is 2.90 bits per heavy atom. The van der Waals surface area contributed by atoms with Crippen LogP contribution in [0.5, 0.6) is 5.75 Å². The summed E-state index contributed by atoms with van der Waals surface area (Å²) in [7, 11) is 0. The molecule has 5 heteroatoms. The van der Waals surface area contributed by atoms with Crippen LogP contribution in [0.1, 0.15) is 15.9 Å². The Morgan fingerprint density at radius 1 is 1.33 bits per heavy atom. The first-order valence-corrected chi connectivity index (χ1v) is 7.40. The van der Waals surface area contributed by atoms with Gasteiger partial charge in [-0.1, -0.05) is 34.1 Å². The molecule has 0 saturated carbocycles. The van der Waals surface area contributed by atoms with E-state index in [9.17, 15) is 9.18 Å². The zero-order valence-corrected chi connectivity index (χ0v) is 12.7. The first-order chi connectivity index (χ1) is 10.1. The van der Waals surface area contributed by atoms with Crippen LogP contribution in [0.25, 0.3) is 0 Å². The van der Waals surface area contributed by atoms with Crippen molar-refractivity contribution in [2.75, 3.05) is 6.54 Å². The summed E-state index contributed by atoms with van der Waals surface area (Å²) in [5.41, 5.74) is 1.17. The number of nitrogens with one attached hydrogen (secondary N) is 1. The highest BCUT2D eigenvalue weighted by molar-refractivity contribution is 9.10. The molecule has 2 aromatic carbocycles. The summed E-state index contributed by atoms with van der Waals surface area (Å²) in [6, 6.07) is 12.2. The van der Waals surface area contributed by atoms with Gasteiger partial charge in [-0.05, 0) is 29.8 Å². The predicted molar refractivity (Wildman–Crippen MR) is 81.0 cm³/mol. The second kappa shape index (κ2) is 5.85. The molecule has 0 aliphatic carbocycles. The molecule has 21 heavy (non-hydrogen) atoms. The van der Waals surface area contributed by atoms with Crippen molar-refractivity contribution in [2.45, 2.75) is 12.5 Å². The predicted octanol–water partition coefficient (Wildman–Crippen LogP) is 3.32. The summed E-state index contributed by atoms with van der Waals surface area (Å²) in [5, 5.41) is 2.72. The van der Waals surface area contributed by atoms with Gasteiger partial charge < -0.3 is 10.1 Å². The molecule has 1 N–H and O–H groups in total. The van der Waals surface area contributed by atoms with E-state index in [4.69, 9.17) is 4.74 Å². The van der Waals surface area contributed by atoms with Crippen LogP contribution in [0.2, 0.25) is 0 Å². The van der Waals surface area contributed by atoms with E-state index in [-0.39, 0.29) is 11.7 Å². The van der Waals surface area contributed by atoms with E-state index in [2.05, 4.69) is 21.2 Å². The fourth-order valence-corrected chi connectivity index (χ4v) is 2.68. The monoisotopic (exact) mass is 349 g/mol. The summed E-state index contributed by atoms with van der Waals surface area (Å²) in [6.45, 7) is 0.350. The van der Waals surface area contributed by atoms with Crippen LogP contribution in [0, 0.1) is 5.82 Å². The fraction of sp³-hybridized carbons (Fsp3) is 0.188. The second-order valence-electron chi connectivity index (χ2n) is 4.89. The summed E-state index contributed by atoms with van der Waals surface area (Å²) in [6.07, 6.45) is 0.643. The molecule has 0 spiro atoms. The van der Waals surface area contributed by atoms with Crippen molar-refractivity contribution in [3.63, 3.8) is 0 Å². The molecule has 108 valence electrons. The largest absolute Gasteiger partial charge is 0.488 e. The van der Waals surface area contributed by atoms with E-state index in [1.54, 1.807) is 6.07 Å². The smallest absolute Gasteiger partial charge is 0.254 e. The number of rotatable bonds is 3. The highest BCUT2D eigenvalue weighted by atomic mass is 79.9. The van der Waals surface area contributed by atoms with Gasteiger partial charge in [-0.3, -0.25) is 4.79 Å². The van der Waals surface area contributed by atoms with E-state index in [0.29, 0.717) is 11.0 Å². The molecule has 0 radical (unpaired) electrons. The maximum Gasteiger partial charge on any atom is 0.254 e. The van der Waals surface area contributed by atoms with E-state index in [0.717, 1.165) is 17.7 Å². The summed E-state index contributed by atoms with van der Waals surface area (Å²) >= 11 is 3.16. The van der Waals surface area contributed by atoms with Crippen LogP contribution in [0.3, 0.4) is 0 Å². The third kappa shape index (κ3) is 3.08. The van der Waals surface area contributed by atoms with Crippen LogP contribution in [-0.4, -0.2) is 18.6 Å². The molecule has 3 nitrogen and oxygen atoms in total. The van der Waals surface area contributed by atoms with Gasteiger partial charge in [0.1, 0.15) is 17.7 Å². The highest BCUT2D eigenvalue weighted by Crippen LogP contribution is 2.27. The van der Waals surface area contributed by atoms with Gasteiger partial charge >= 0.3 is 0 Å². The normalized spacial score (nSPS) is 16.2. The summed E-state index contributed by atoms with van der Waals surface area (Å²) in [5.74, 6) is -0.122. The Labute approximate surface area is 130 Å². The number of carbonyl (C=O) groups excluding carboxylic acids is 1.